The normalized spacial score (nSPS) is 11.9. The molecule has 0 aliphatic carbocycles. The van der Waals surface area contributed by atoms with Crippen LogP contribution < -0.4 is 16.0 Å². The molecule has 0 spiro atoms. The Morgan fingerprint density at radius 2 is 2.29 bits per heavy atom. The monoisotopic (exact) mass is 240 g/mol. The van der Waals surface area contributed by atoms with Gasteiger partial charge in [-0.2, -0.15) is 0 Å². The zero-order chi connectivity index (χ0) is 12.7. The van der Waals surface area contributed by atoms with Gasteiger partial charge in [0, 0.05) is 6.54 Å². The van der Waals surface area contributed by atoms with Crippen LogP contribution in [0.1, 0.15) is 25.6 Å². The number of quaternary nitrogens is 1. The van der Waals surface area contributed by atoms with Crippen molar-refractivity contribution in [2.75, 3.05) is 13.1 Å². The fourth-order valence-corrected chi connectivity index (χ4v) is 1.33. The third-order valence-corrected chi connectivity index (χ3v) is 2.24. The zero-order valence-electron chi connectivity index (χ0n) is 10.0. The first kappa shape index (κ1) is 13.2. The van der Waals surface area contributed by atoms with Crippen LogP contribution in [0.15, 0.2) is 22.8 Å². The molecule has 17 heavy (non-hydrogen) atoms. The molecular weight excluding hydrogens is 222 g/mol. The highest BCUT2D eigenvalue weighted by Crippen LogP contribution is 2.06. The highest BCUT2D eigenvalue weighted by molar-refractivity contribution is 5.94. The third kappa shape index (κ3) is 4.69. The Bertz CT molecular complexity index is 362. The van der Waals surface area contributed by atoms with E-state index in [1.165, 1.54) is 0 Å². The number of nitrogens with two attached hydrogens (primary N) is 1. The lowest BCUT2D eigenvalue weighted by Gasteiger charge is -2.08. The summed E-state index contributed by atoms with van der Waals surface area (Å²) in [4.78, 5) is 22.4. The third-order valence-electron chi connectivity index (χ3n) is 2.24. The van der Waals surface area contributed by atoms with E-state index in [2.05, 4.69) is 10.6 Å². The molecule has 0 fully saturated rings. The molecule has 0 aliphatic heterocycles. The predicted molar refractivity (Wildman–Crippen MR) is 61.1 cm³/mol. The van der Waals surface area contributed by atoms with Crippen LogP contribution in [0, 0.1) is 0 Å². The smallest absolute Gasteiger partial charge is 0.321 e. The van der Waals surface area contributed by atoms with Crippen LogP contribution in [0.3, 0.4) is 0 Å². The molecule has 0 aliphatic rings. The van der Waals surface area contributed by atoms with Crippen LogP contribution in [-0.2, 0) is 4.79 Å². The van der Waals surface area contributed by atoms with E-state index >= 15 is 0 Å². The summed E-state index contributed by atoms with van der Waals surface area (Å²) in [6.07, 6.45) is 1.59. The summed E-state index contributed by atoms with van der Waals surface area (Å²) in [6.45, 7) is 4.39. The van der Waals surface area contributed by atoms with Gasteiger partial charge in [-0.25, -0.2) is 4.79 Å². The Hall–Kier alpha value is -1.82. The standard InChI is InChI=1S/C11H17N3O3/c1-3-12-11(16)14-10(15)7-13-8(2)9-5-4-6-17-9/h4-6,8,13H,3,7H2,1-2H3,(H2,12,14,15,16)/p+1/t8-/m0/s1. The van der Waals surface area contributed by atoms with Crippen LogP contribution in [0.5, 0.6) is 0 Å². The van der Waals surface area contributed by atoms with Gasteiger partial charge in [0.15, 0.2) is 12.3 Å². The molecule has 1 aromatic heterocycles. The Morgan fingerprint density at radius 1 is 1.53 bits per heavy atom. The lowest BCUT2D eigenvalue weighted by Crippen LogP contribution is -2.87. The average Bonchev–Trinajstić information content (AvgIpc) is 2.79. The number of furan rings is 1. The fraction of sp³-hybridized carbons (Fsp3) is 0.455. The number of rotatable bonds is 5. The van der Waals surface area contributed by atoms with Crippen molar-refractivity contribution in [3.63, 3.8) is 0 Å². The largest absolute Gasteiger partial charge is 0.463 e. The van der Waals surface area contributed by atoms with E-state index in [1.54, 1.807) is 24.6 Å². The number of carbonyl (C=O) groups is 2. The Morgan fingerprint density at radius 3 is 2.88 bits per heavy atom. The number of hydrogen-bond donors (Lipinski definition) is 3. The molecule has 0 saturated heterocycles. The van der Waals surface area contributed by atoms with E-state index in [4.69, 9.17) is 4.42 Å². The number of hydrogen-bond acceptors (Lipinski definition) is 3. The van der Waals surface area contributed by atoms with Gasteiger partial charge in [-0.05, 0) is 26.0 Å². The molecule has 0 saturated carbocycles. The van der Waals surface area contributed by atoms with Crippen molar-refractivity contribution >= 4 is 11.9 Å². The van der Waals surface area contributed by atoms with Crippen molar-refractivity contribution in [1.82, 2.24) is 10.6 Å². The predicted octanol–water partition coefficient (Wildman–Crippen LogP) is -0.250. The maximum absolute atomic E-state index is 11.4. The minimum Gasteiger partial charge on any atom is -0.463 e. The second kappa shape index (κ2) is 6.70. The number of nitrogens with one attached hydrogen (secondary N) is 2. The van der Waals surface area contributed by atoms with Crippen molar-refractivity contribution in [1.29, 1.82) is 0 Å². The van der Waals surface area contributed by atoms with E-state index in [1.807, 2.05) is 13.0 Å². The lowest BCUT2D eigenvalue weighted by molar-refractivity contribution is -0.684. The summed E-state index contributed by atoms with van der Waals surface area (Å²) >= 11 is 0. The molecule has 1 atom stereocenters. The van der Waals surface area contributed by atoms with Gasteiger partial charge < -0.3 is 15.1 Å². The van der Waals surface area contributed by atoms with Gasteiger partial charge in [0.2, 0.25) is 0 Å². The minimum atomic E-state index is -0.462. The van der Waals surface area contributed by atoms with Crippen LogP contribution in [0.2, 0.25) is 0 Å². The maximum Gasteiger partial charge on any atom is 0.321 e. The zero-order valence-corrected chi connectivity index (χ0v) is 10.0. The molecule has 1 rings (SSSR count). The lowest BCUT2D eigenvalue weighted by atomic mass is 10.2. The van der Waals surface area contributed by atoms with Crippen LogP contribution in [0.4, 0.5) is 4.79 Å². The first-order valence-electron chi connectivity index (χ1n) is 5.58. The van der Waals surface area contributed by atoms with Gasteiger partial charge in [-0.3, -0.25) is 10.1 Å². The Kier molecular flexibility index (Phi) is 5.22. The molecule has 0 bridgehead atoms. The molecule has 0 unspecified atom stereocenters. The molecule has 94 valence electrons. The van der Waals surface area contributed by atoms with Crippen molar-refractivity contribution in [3.8, 4) is 0 Å². The summed E-state index contributed by atoms with van der Waals surface area (Å²) < 4.78 is 5.20. The molecule has 4 N–H and O–H groups in total. The van der Waals surface area contributed by atoms with Gasteiger partial charge in [-0.1, -0.05) is 0 Å². The van der Waals surface area contributed by atoms with E-state index in [-0.39, 0.29) is 18.5 Å². The fourth-order valence-electron chi connectivity index (χ4n) is 1.33. The number of urea groups is 1. The Balaban J connectivity index is 2.26. The number of imide groups is 1. The second-order valence-corrected chi connectivity index (χ2v) is 3.65. The van der Waals surface area contributed by atoms with E-state index in [0.29, 0.717) is 6.54 Å². The summed E-state index contributed by atoms with van der Waals surface area (Å²) in [7, 11) is 0. The summed E-state index contributed by atoms with van der Waals surface area (Å²) in [5, 5.41) is 6.52. The highest BCUT2D eigenvalue weighted by Gasteiger charge is 2.14. The summed E-state index contributed by atoms with van der Waals surface area (Å²) in [6, 6.07) is 3.23. The summed E-state index contributed by atoms with van der Waals surface area (Å²) in [5.74, 6) is 0.477. The second-order valence-electron chi connectivity index (χ2n) is 3.65. The molecule has 6 heteroatoms. The van der Waals surface area contributed by atoms with Crippen molar-refractivity contribution in [2.24, 2.45) is 0 Å². The van der Waals surface area contributed by atoms with Crippen molar-refractivity contribution in [3.05, 3.63) is 24.2 Å². The first-order chi connectivity index (χ1) is 8.13. The van der Waals surface area contributed by atoms with E-state index < -0.39 is 6.03 Å². The molecule has 1 heterocycles. The molecule has 0 radical (unpaired) electrons. The number of carbonyl (C=O) groups excluding carboxylic acids is 2. The van der Waals surface area contributed by atoms with Crippen LogP contribution >= 0.6 is 0 Å². The average molecular weight is 240 g/mol. The molecule has 0 aromatic carbocycles. The van der Waals surface area contributed by atoms with Gasteiger partial charge in [0.1, 0.15) is 6.04 Å². The first-order valence-corrected chi connectivity index (χ1v) is 5.58. The molecular formula is C11H18N3O3+. The SMILES string of the molecule is CCNC(=O)NC(=O)C[NH2+][C@@H](C)c1ccco1. The Labute approximate surface area is 99.8 Å². The summed E-state index contributed by atoms with van der Waals surface area (Å²) in [5.41, 5.74) is 0. The van der Waals surface area contributed by atoms with Crippen molar-refractivity contribution < 1.29 is 19.3 Å². The number of amides is 3. The van der Waals surface area contributed by atoms with E-state index in [0.717, 1.165) is 5.76 Å². The van der Waals surface area contributed by atoms with Crippen LogP contribution in [0.25, 0.3) is 0 Å². The van der Waals surface area contributed by atoms with Gasteiger partial charge in [0.25, 0.3) is 5.91 Å². The quantitative estimate of drug-likeness (QED) is 0.663. The molecule has 6 nitrogen and oxygen atoms in total. The van der Waals surface area contributed by atoms with Gasteiger partial charge >= 0.3 is 6.03 Å². The van der Waals surface area contributed by atoms with E-state index in [9.17, 15) is 9.59 Å². The van der Waals surface area contributed by atoms with Gasteiger partial charge in [0.05, 0.1) is 6.26 Å². The molecule has 3 amide bonds. The van der Waals surface area contributed by atoms with Gasteiger partial charge in [-0.15, -0.1) is 0 Å². The topological polar surface area (TPSA) is 88.0 Å². The van der Waals surface area contributed by atoms with Crippen LogP contribution in [-0.4, -0.2) is 25.0 Å². The maximum atomic E-state index is 11.4. The highest BCUT2D eigenvalue weighted by atomic mass is 16.3. The van der Waals surface area contributed by atoms with Crippen molar-refractivity contribution in [2.45, 2.75) is 19.9 Å². The molecule has 1 aromatic rings. The minimum absolute atomic E-state index is 0.0463.